The third-order valence-corrected chi connectivity index (χ3v) is 5.48. The lowest BCUT2D eigenvalue weighted by molar-refractivity contribution is -0.122. The number of aromatic amines is 1. The normalized spacial score (nSPS) is 16.0. The van der Waals surface area contributed by atoms with Crippen molar-refractivity contribution in [1.82, 2.24) is 9.97 Å². The summed E-state index contributed by atoms with van der Waals surface area (Å²) >= 11 is 0. The molecule has 0 saturated carbocycles. The molecule has 0 spiro atoms. The average Bonchev–Trinajstić information content (AvgIpc) is 3.37. The van der Waals surface area contributed by atoms with E-state index < -0.39 is 17.6 Å². The zero-order valence-corrected chi connectivity index (χ0v) is 16.8. The van der Waals surface area contributed by atoms with Crippen LogP contribution in [0.15, 0.2) is 66.7 Å². The van der Waals surface area contributed by atoms with E-state index in [1.807, 2.05) is 36.4 Å². The van der Waals surface area contributed by atoms with Gasteiger partial charge in [0, 0.05) is 30.3 Å². The van der Waals surface area contributed by atoms with Gasteiger partial charge in [0.2, 0.25) is 11.8 Å². The van der Waals surface area contributed by atoms with Gasteiger partial charge in [-0.25, -0.2) is 13.8 Å². The second-order valence-corrected chi connectivity index (χ2v) is 7.67. The Kier molecular flexibility index (Phi) is 4.89. The molecule has 1 saturated heterocycles. The molecular weight excluding hydrogens is 414 g/mol. The number of halogens is 2. The molecule has 0 aliphatic carbocycles. The highest BCUT2D eigenvalue weighted by Gasteiger charge is 2.35. The molecule has 5 rings (SSSR count). The fourth-order valence-electron chi connectivity index (χ4n) is 3.94. The van der Waals surface area contributed by atoms with E-state index in [0.29, 0.717) is 17.1 Å². The van der Waals surface area contributed by atoms with Crippen molar-refractivity contribution in [1.29, 1.82) is 0 Å². The summed E-state index contributed by atoms with van der Waals surface area (Å²) in [6.07, 6.45) is -0.0449. The van der Waals surface area contributed by atoms with Crippen molar-refractivity contribution >= 4 is 34.2 Å². The van der Waals surface area contributed by atoms with Gasteiger partial charge in [-0.3, -0.25) is 9.59 Å². The molecule has 1 aliphatic heterocycles. The summed E-state index contributed by atoms with van der Waals surface area (Å²) < 4.78 is 27.1. The number of hydrogen-bond donors (Lipinski definition) is 2. The molecule has 1 aliphatic rings. The first-order chi connectivity index (χ1) is 15.5. The van der Waals surface area contributed by atoms with Crippen LogP contribution in [0.4, 0.5) is 20.2 Å². The highest BCUT2D eigenvalue weighted by Crippen LogP contribution is 2.30. The predicted octanol–water partition coefficient (Wildman–Crippen LogP) is 4.50. The maximum atomic E-state index is 13.6. The number of nitrogens with zero attached hydrogens (tertiary/aromatic N) is 2. The summed E-state index contributed by atoms with van der Waals surface area (Å²) in [5, 5.41) is 2.88. The average molecular weight is 432 g/mol. The number of para-hydroxylation sites is 3. The second-order valence-electron chi connectivity index (χ2n) is 7.67. The molecule has 0 radical (unpaired) electrons. The van der Waals surface area contributed by atoms with Gasteiger partial charge in [0.1, 0.15) is 17.5 Å². The maximum Gasteiger partial charge on any atom is 0.229 e. The maximum absolute atomic E-state index is 13.6. The Morgan fingerprint density at radius 1 is 1.03 bits per heavy atom. The van der Waals surface area contributed by atoms with Crippen molar-refractivity contribution < 1.29 is 18.4 Å². The van der Waals surface area contributed by atoms with Crippen LogP contribution in [-0.2, 0) is 9.59 Å². The number of carbonyl (C=O) groups is 2. The van der Waals surface area contributed by atoms with E-state index in [9.17, 15) is 18.4 Å². The summed E-state index contributed by atoms with van der Waals surface area (Å²) in [7, 11) is 0. The third-order valence-electron chi connectivity index (χ3n) is 5.48. The van der Waals surface area contributed by atoms with E-state index in [1.165, 1.54) is 4.90 Å². The molecule has 2 amide bonds. The lowest BCUT2D eigenvalue weighted by atomic mass is 10.1. The summed E-state index contributed by atoms with van der Waals surface area (Å²) in [5.41, 5.74) is 3.06. The van der Waals surface area contributed by atoms with Crippen LogP contribution in [0.25, 0.3) is 22.4 Å². The number of anilines is 2. The Bertz CT molecular complexity index is 1300. The molecule has 3 aromatic carbocycles. The fourth-order valence-corrected chi connectivity index (χ4v) is 3.94. The molecule has 2 N–H and O–H groups in total. The largest absolute Gasteiger partial charge is 0.338 e. The minimum absolute atomic E-state index is 0.0420. The standard InChI is InChI=1S/C24H18F2N4O2/c25-15-10-16(26)12-17(11-15)30-13-14(9-22(30)31)24(32)29-19-6-2-1-5-18(19)23-27-20-7-3-4-8-21(20)28-23/h1-8,10-12,14H,9,13H2,(H,27,28)(H,29,32). The van der Waals surface area contributed by atoms with Crippen molar-refractivity contribution in [3.05, 3.63) is 78.4 Å². The molecule has 160 valence electrons. The molecule has 4 aromatic rings. The Balaban J connectivity index is 1.37. The summed E-state index contributed by atoms with van der Waals surface area (Å²) in [4.78, 5) is 34.5. The van der Waals surface area contributed by atoms with Gasteiger partial charge >= 0.3 is 0 Å². The molecule has 8 heteroatoms. The first kappa shape index (κ1) is 19.9. The van der Waals surface area contributed by atoms with Crippen molar-refractivity contribution in [3.63, 3.8) is 0 Å². The first-order valence-electron chi connectivity index (χ1n) is 10.1. The molecule has 0 bridgehead atoms. The molecule has 1 atom stereocenters. The van der Waals surface area contributed by atoms with E-state index in [4.69, 9.17) is 0 Å². The van der Waals surface area contributed by atoms with Crippen molar-refractivity contribution in [2.45, 2.75) is 6.42 Å². The second kappa shape index (κ2) is 7.88. The number of H-pyrrole nitrogens is 1. The SMILES string of the molecule is O=C(Nc1ccccc1-c1nc2ccccc2[nH]1)C1CC(=O)N(c2cc(F)cc(F)c2)C1. The zero-order chi connectivity index (χ0) is 22.2. The van der Waals surface area contributed by atoms with Crippen LogP contribution < -0.4 is 10.2 Å². The summed E-state index contributed by atoms with van der Waals surface area (Å²) in [6, 6.07) is 17.8. The van der Waals surface area contributed by atoms with Crippen molar-refractivity contribution in [2.75, 3.05) is 16.8 Å². The first-order valence-corrected chi connectivity index (χ1v) is 10.1. The number of aromatic nitrogens is 2. The van der Waals surface area contributed by atoms with Gasteiger partial charge in [0.05, 0.1) is 22.6 Å². The van der Waals surface area contributed by atoms with Gasteiger partial charge in [-0.15, -0.1) is 0 Å². The molecule has 1 aromatic heterocycles. The van der Waals surface area contributed by atoms with Gasteiger partial charge in [0.25, 0.3) is 0 Å². The van der Waals surface area contributed by atoms with E-state index >= 15 is 0 Å². The topological polar surface area (TPSA) is 78.1 Å². The minimum atomic E-state index is -0.777. The van der Waals surface area contributed by atoms with Crippen molar-refractivity contribution in [2.24, 2.45) is 5.92 Å². The Labute approximate surface area is 181 Å². The lowest BCUT2D eigenvalue weighted by Gasteiger charge is -2.17. The lowest BCUT2D eigenvalue weighted by Crippen LogP contribution is -2.28. The smallest absolute Gasteiger partial charge is 0.229 e. The third kappa shape index (κ3) is 3.71. The highest BCUT2D eigenvalue weighted by molar-refractivity contribution is 6.04. The monoisotopic (exact) mass is 432 g/mol. The number of hydrogen-bond acceptors (Lipinski definition) is 3. The molecule has 1 fully saturated rings. The molecular formula is C24H18F2N4O2. The van der Waals surface area contributed by atoms with Crippen LogP contribution in [0.5, 0.6) is 0 Å². The fraction of sp³-hybridized carbons (Fsp3) is 0.125. The minimum Gasteiger partial charge on any atom is -0.338 e. The zero-order valence-electron chi connectivity index (χ0n) is 16.8. The number of imidazole rings is 1. The highest BCUT2D eigenvalue weighted by atomic mass is 19.1. The van der Waals surface area contributed by atoms with E-state index in [0.717, 1.165) is 29.2 Å². The number of fused-ring (bicyclic) bond motifs is 1. The summed E-state index contributed by atoms with van der Waals surface area (Å²) in [6.45, 7) is 0.0420. The van der Waals surface area contributed by atoms with E-state index in [-0.39, 0.29) is 30.5 Å². The summed E-state index contributed by atoms with van der Waals surface area (Å²) in [5.74, 6) is -2.30. The van der Waals surface area contributed by atoms with E-state index in [2.05, 4.69) is 15.3 Å². The van der Waals surface area contributed by atoms with Crippen LogP contribution in [0.2, 0.25) is 0 Å². The van der Waals surface area contributed by atoms with Crippen LogP contribution in [0.1, 0.15) is 6.42 Å². The van der Waals surface area contributed by atoms with Crippen LogP contribution >= 0.6 is 0 Å². The van der Waals surface area contributed by atoms with E-state index in [1.54, 1.807) is 12.1 Å². The Morgan fingerprint density at radius 3 is 2.53 bits per heavy atom. The molecule has 2 heterocycles. The van der Waals surface area contributed by atoms with Crippen LogP contribution in [0, 0.1) is 17.6 Å². The quantitative estimate of drug-likeness (QED) is 0.499. The van der Waals surface area contributed by atoms with Crippen molar-refractivity contribution in [3.8, 4) is 11.4 Å². The number of nitrogens with one attached hydrogen (secondary N) is 2. The predicted molar refractivity (Wildman–Crippen MR) is 117 cm³/mol. The Hall–Kier alpha value is -4.07. The van der Waals surface area contributed by atoms with Gasteiger partial charge in [-0.05, 0) is 36.4 Å². The van der Waals surface area contributed by atoms with Gasteiger partial charge in [-0.2, -0.15) is 0 Å². The van der Waals surface area contributed by atoms with Gasteiger partial charge < -0.3 is 15.2 Å². The number of amides is 2. The Morgan fingerprint density at radius 2 is 1.75 bits per heavy atom. The van der Waals surface area contributed by atoms with Crippen LogP contribution in [0.3, 0.4) is 0 Å². The molecule has 6 nitrogen and oxygen atoms in total. The van der Waals surface area contributed by atoms with Gasteiger partial charge in [-0.1, -0.05) is 24.3 Å². The van der Waals surface area contributed by atoms with Crippen LogP contribution in [-0.4, -0.2) is 28.3 Å². The molecule has 32 heavy (non-hydrogen) atoms. The number of benzene rings is 3. The number of carbonyl (C=O) groups excluding carboxylic acids is 2. The number of rotatable bonds is 4. The van der Waals surface area contributed by atoms with Gasteiger partial charge in [0.15, 0.2) is 0 Å². The molecule has 1 unspecified atom stereocenters.